The van der Waals surface area contributed by atoms with Crippen LogP contribution in [0.25, 0.3) is 0 Å². The summed E-state index contributed by atoms with van der Waals surface area (Å²) in [4.78, 5) is 14.2. The average Bonchev–Trinajstić information content (AvgIpc) is 3.01. The molecule has 2 heterocycles. The lowest BCUT2D eigenvalue weighted by Crippen LogP contribution is -2.57. The third-order valence-corrected chi connectivity index (χ3v) is 3.79. The zero-order chi connectivity index (χ0) is 14.5. The molecule has 6 nitrogen and oxygen atoms in total. The van der Waals surface area contributed by atoms with Gasteiger partial charge < -0.3 is 20.2 Å². The Morgan fingerprint density at radius 1 is 1.65 bits per heavy atom. The van der Waals surface area contributed by atoms with Gasteiger partial charge in [-0.3, -0.25) is 9.69 Å². The van der Waals surface area contributed by atoms with E-state index in [-0.39, 0.29) is 24.0 Å². The van der Waals surface area contributed by atoms with Crippen LogP contribution in [0.4, 0.5) is 0 Å². The molecule has 20 heavy (non-hydrogen) atoms. The van der Waals surface area contributed by atoms with Crippen LogP contribution >= 0.6 is 0 Å². The van der Waals surface area contributed by atoms with Crippen molar-refractivity contribution in [3.05, 3.63) is 24.2 Å². The van der Waals surface area contributed by atoms with Crippen molar-refractivity contribution in [3.63, 3.8) is 0 Å². The van der Waals surface area contributed by atoms with Gasteiger partial charge >= 0.3 is 0 Å². The van der Waals surface area contributed by atoms with Crippen molar-refractivity contribution in [3.8, 4) is 0 Å². The highest BCUT2D eigenvalue weighted by atomic mass is 16.5. The van der Waals surface area contributed by atoms with E-state index in [1.807, 2.05) is 19.1 Å². The third-order valence-electron chi connectivity index (χ3n) is 3.79. The fourth-order valence-corrected chi connectivity index (χ4v) is 2.65. The molecule has 0 radical (unpaired) electrons. The van der Waals surface area contributed by atoms with Crippen LogP contribution in [-0.4, -0.2) is 49.7 Å². The highest BCUT2D eigenvalue weighted by molar-refractivity contribution is 5.81. The van der Waals surface area contributed by atoms with Gasteiger partial charge in [0.2, 0.25) is 5.91 Å². The zero-order valence-corrected chi connectivity index (χ0v) is 12.0. The molecule has 1 aromatic heterocycles. The molecule has 0 aliphatic carbocycles. The summed E-state index contributed by atoms with van der Waals surface area (Å²) in [6.45, 7) is 3.68. The van der Waals surface area contributed by atoms with Crippen LogP contribution in [0.5, 0.6) is 0 Å². The Bertz CT molecular complexity index is 421. The number of rotatable bonds is 5. The van der Waals surface area contributed by atoms with E-state index in [0.29, 0.717) is 19.8 Å². The largest absolute Gasteiger partial charge is 0.468 e. The molecular formula is C14H23N3O3. The number of morpholine rings is 1. The monoisotopic (exact) mass is 281 g/mol. The molecule has 2 rings (SSSR count). The van der Waals surface area contributed by atoms with Crippen LogP contribution in [0, 0.1) is 0 Å². The van der Waals surface area contributed by atoms with Gasteiger partial charge in [0.25, 0.3) is 0 Å². The molecule has 3 unspecified atom stereocenters. The van der Waals surface area contributed by atoms with E-state index in [1.54, 1.807) is 13.3 Å². The van der Waals surface area contributed by atoms with Gasteiger partial charge in [-0.2, -0.15) is 0 Å². The van der Waals surface area contributed by atoms with Gasteiger partial charge in [0.15, 0.2) is 0 Å². The van der Waals surface area contributed by atoms with E-state index < -0.39 is 0 Å². The van der Waals surface area contributed by atoms with Gasteiger partial charge in [-0.05, 0) is 18.6 Å². The Hall–Kier alpha value is -1.37. The second-order valence-corrected chi connectivity index (χ2v) is 4.98. The summed E-state index contributed by atoms with van der Waals surface area (Å²) in [5, 5.41) is 2.69. The third kappa shape index (κ3) is 3.03. The van der Waals surface area contributed by atoms with Gasteiger partial charge in [0, 0.05) is 19.6 Å². The van der Waals surface area contributed by atoms with Crippen molar-refractivity contribution in [1.82, 2.24) is 10.2 Å². The summed E-state index contributed by atoms with van der Waals surface area (Å²) in [6, 6.07) is 3.23. The molecule has 3 N–H and O–H groups in total. The Morgan fingerprint density at radius 2 is 2.45 bits per heavy atom. The number of hydrogen-bond acceptors (Lipinski definition) is 5. The van der Waals surface area contributed by atoms with Gasteiger partial charge in [0.05, 0.1) is 25.5 Å². The van der Waals surface area contributed by atoms with E-state index >= 15 is 0 Å². The summed E-state index contributed by atoms with van der Waals surface area (Å²) in [6.07, 6.45) is 2.45. The van der Waals surface area contributed by atoms with E-state index in [9.17, 15) is 4.79 Å². The van der Waals surface area contributed by atoms with E-state index in [2.05, 4.69) is 10.2 Å². The molecule has 0 aromatic carbocycles. The fourth-order valence-electron chi connectivity index (χ4n) is 2.65. The number of nitrogens with one attached hydrogen (secondary N) is 1. The van der Waals surface area contributed by atoms with Gasteiger partial charge in [-0.1, -0.05) is 6.92 Å². The van der Waals surface area contributed by atoms with Gasteiger partial charge in [-0.25, -0.2) is 0 Å². The number of carbonyl (C=O) groups is 1. The quantitative estimate of drug-likeness (QED) is 0.821. The maximum Gasteiger partial charge on any atom is 0.239 e. The predicted molar refractivity (Wildman–Crippen MR) is 75.1 cm³/mol. The molecule has 1 saturated heterocycles. The van der Waals surface area contributed by atoms with Crippen LogP contribution < -0.4 is 11.1 Å². The lowest BCUT2D eigenvalue weighted by atomic mass is 9.99. The average molecular weight is 281 g/mol. The Labute approximate surface area is 119 Å². The number of nitrogens with two attached hydrogens (primary N) is 1. The predicted octanol–water partition coefficient (Wildman–Crippen LogP) is 0.505. The summed E-state index contributed by atoms with van der Waals surface area (Å²) < 4.78 is 11.0. The van der Waals surface area contributed by atoms with Crippen molar-refractivity contribution in [2.24, 2.45) is 5.73 Å². The molecule has 1 aliphatic heterocycles. The molecule has 1 fully saturated rings. The molecule has 1 aliphatic rings. The molecule has 1 aromatic rings. The van der Waals surface area contributed by atoms with Crippen LogP contribution in [0.2, 0.25) is 0 Å². The molecule has 0 saturated carbocycles. The Morgan fingerprint density at radius 3 is 3.05 bits per heavy atom. The normalized spacial score (nSPS) is 23.2. The van der Waals surface area contributed by atoms with Crippen molar-refractivity contribution in [2.75, 3.05) is 26.8 Å². The first-order chi connectivity index (χ1) is 9.69. The first-order valence-electron chi connectivity index (χ1n) is 7.03. The summed E-state index contributed by atoms with van der Waals surface area (Å²) >= 11 is 0. The smallest absolute Gasteiger partial charge is 0.239 e. The van der Waals surface area contributed by atoms with Crippen molar-refractivity contribution in [1.29, 1.82) is 0 Å². The van der Waals surface area contributed by atoms with Crippen molar-refractivity contribution < 1.29 is 13.9 Å². The number of hydrogen-bond donors (Lipinski definition) is 2. The highest BCUT2D eigenvalue weighted by Crippen LogP contribution is 2.29. The van der Waals surface area contributed by atoms with Gasteiger partial charge in [0.1, 0.15) is 11.8 Å². The topological polar surface area (TPSA) is 80.7 Å². The Balaban J connectivity index is 2.28. The number of carbonyl (C=O) groups excluding carboxylic acids is 1. The van der Waals surface area contributed by atoms with Crippen LogP contribution in [0.3, 0.4) is 0 Å². The molecule has 1 amide bonds. The minimum absolute atomic E-state index is 0.0513. The number of likely N-dealkylation sites (N-methyl/N-ethyl adjacent to an activating group) is 1. The van der Waals surface area contributed by atoms with Crippen LogP contribution in [0.15, 0.2) is 22.8 Å². The summed E-state index contributed by atoms with van der Waals surface area (Å²) in [5.74, 6) is 0.750. The minimum Gasteiger partial charge on any atom is -0.468 e. The first kappa shape index (κ1) is 15.0. The lowest BCUT2D eigenvalue weighted by molar-refractivity contribution is -0.135. The van der Waals surface area contributed by atoms with Crippen LogP contribution in [-0.2, 0) is 9.53 Å². The highest BCUT2D eigenvalue weighted by Gasteiger charge is 2.38. The lowest BCUT2D eigenvalue weighted by Gasteiger charge is -2.41. The number of furan rings is 1. The molecule has 6 heteroatoms. The second-order valence-electron chi connectivity index (χ2n) is 4.98. The second kappa shape index (κ2) is 6.88. The molecule has 112 valence electrons. The van der Waals surface area contributed by atoms with Gasteiger partial charge in [-0.15, -0.1) is 0 Å². The summed E-state index contributed by atoms with van der Waals surface area (Å²) in [7, 11) is 1.64. The molecule has 3 atom stereocenters. The Kier molecular flexibility index (Phi) is 5.17. The minimum atomic E-state index is -0.332. The zero-order valence-electron chi connectivity index (χ0n) is 12.0. The van der Waals surface area contributed by atoms with Crippen molar-refractivity contribution in [2.45, 2.75) is 31.5 Å². The maximum absolute atomic E-state index is 12.1. The molecule has 0 spiro atoms. The first-order valence-corrected chi connectivity index (χ1v) is 7.03. The maximum atomic E-state index is 12.1. The SMILES string of the molecule is CCC(N)C(c1ccco1)N1CCOCC1C(=O)NC. The number of ether oxygens (including phenoxy) is 1. The number of nitrogens with zero attached hydrogens (tertiary/aromatic N) is 1. The van der Waals surface area contributed by atoms with Crippen molar-refractivity contribution >= 4 is 5.91 Å². The fraction of sp³-hybridized carbons (Fsp3) is 0.643. The summed E-state index contributed by atoms with van der Waals surface area (Å²) in [5.41, 5.74) is 6.27. The van der Waals surface area contributed by atoms with E-state index in [1.165, 1.54) is 0 Å². The van der Waals surface area contributed by atoms with Crippen LogP contribution in [0.1, 0.15) is 25.1 Å². The number of amides is 1. The molecule has 0 bridgehead atoms. The van der Waals surface area contributed by atoms with E-state index in [4.69, 9.17) is 14.9 Å². The molecular weight excluding hydrogens is 258 g/mol. The van der Waals surface area contributed by atoms with E-state index in [0.717, 1.165) is 12.2 Å². The standard InChI is InChI=1S/C14H23N3O3/c1-3-10(15)13(12-5-4-7-20-12)17-6-8-19-9-11(17)14(18)16-2/h4-5,7,10-11,13H,3,6,8-9,15H2,1-2H3,(H,16,18).